The summed E-state index contributed by atoms with van der Waals surface area (Å²) in [5, 5.41) is 11.6. The SMILES string of the molecule is Cc1cc(-c2cc(=O)[nH]nc2C2CCN(C(=O)Cc3ccc(Cl)c(Cl)c3)CC2)on1. The molecule has 7 nitrogen and oxygen atoms in total. The summed E-state index contributed by atoms with van der Waals surface area (Å²) in [7, 11) is 0. The van der Waals surface area contributed by atoms with Crippen molar-refractivity contribution >= 4 is 29.1 Å². The summed E-state index contributed by atoms with van der Waals surface area (Å²) >= 11 is 12.0. The van der Waals surface area contributed by atoms with Gasteiger partial charge in [0.2, 0.25) is 5.91 Å². The molecule has 1 aromatic carbocycles. The van der Waals surface area contributed by atoms with Crippen molar-refractivity contribution in [2.75, 3.05) is 13.1 Å². The Kier molecular flexibility index (Phi) is 5.92. The molecule has 1 saturated heterocycles. The van der Waals surface area contributed by atoms with E-state index in [0.717, 1.165) is 29.8 Å². The van der Waals surface area contributed by atoms with Gasteiger partial charge < -0.3 is 9.42 Å². The maximum absolute atomic E-state index is 12.7. The highest BCUT2D eigenvalue weighted by molar-refractivity contribution is 6.42. The lowest BCUT2D eigenvalue weighted by Crippen LogP contribution is -2.39. The quantitative estimate of drug-likeness (QED) is 0.653. The highest BCUT2D eigenvalue weighted by Crippen LogP contribution is 2.33. The predicted molar refractivity (Wildman–Crippen MR) is 114 cm³/mol. The fourth-order valence-corrected chi connectivity index (χ4v) is 4.07. The van der Waals surface area contributed by atoms with Crippen LogP contribution < -0.4 is 5.56 Å². The van der Waals surface area contributed by atoms with E-state index in [0.29, 0.717) is 34.5 Å². The summed E-state index contributed by atoms with van der Waals surface area (Å²) in [6.07, 6.45) is 1.76. The minimum absolute atomic E-state index is 0.0485. The molecule has 0 bridgehead atoms. The smallest absolute Gasteiger partial charge is 0.264 e. The minimum atomic E-state index is -0.294. The first-order valence-electron chi connectivity index (χ1n) is 9.65. The monoisotopic (exact) mass is 446 g/mol. The summed E-state index contributed by atoms with van der Waals surface area (Å²) in [5.74, 6) is 0.683. The van der Waals surface area contributed by atoms with Crippen molar-refractivity contribution in [1.29, 1.82) is 0 Å². The van der Waals surface area contributed by atoms with Crippen LogP contribution in [0.5, 0.6) is 0 Å². The number of aromatic nitrogens is 3. The number of rotatable bonds is 4. The van der Waals surface area contributed by atoms with Crippen LogP contribution >= 0.6 is 23.2 Å². The van der Waals surface area contributed by atoms with Crippen LogP contribution in [0.15, 0.2) is 39.6 Å². The Morgan fingerprint density at radius 1 is 1.20 bits per heavy atom. The zero-order valence-electron chi connectivity index (χ0n) is 16.3. The molecular formula is C21H20Cl2N4O3. The number of hydrogen-bond acceptors (Lipinski definition) is 5. The predicted octanol–water partition coefficient (Wildman–Crippen LogP) is 3.99. The number of nitrogens with zero attached hydrogens (tertiary/aromatic N) is 3. The van der Waals surface area contributed by atoms with Crippen molar-refractivity contribution in [3.05, 3.63) is 67.7 Å². The van der Waals surface area contributed by atoms with Gasteiger partial charge >= 0.3 is 0 Å². The molecular weight excluding hydrogens is 427 g/mol. The van der Waals surface area contributed by atoms with Gasteiger partial charge in [0, 0.05) is 36.7 Å². The number of aryl methyl sites for hydroxylation is 1. The average Bonchev–Trinajstić information content (AvgIpc) is 3.17. The lowest BCUT2D eigenvalue weighted by Gasteiger charge is -2.32. The number of aromatic amines is 1. The van der Waals surface area contributed by atoms with Crippen LogP contribution in [-0.4, -0.2) is 39.3 Å². The normalized spacial score (nSPS) is 14.8. The topological polar surface area (TPSA) is 92.1 Å². The zero-order chi connectivity index (χ0) is 21.3. The van der Waals surface area contributed by atoms with Crippen LogP contribution in [0.4, 0.5) is 0 Å². The number of hydrogen-bond donors (Lipinski definition) is 1. The van der Waals surface area contributed by atoms with E-state index in [9.17, 15) is 9.59 Å². The number of carbonyl (C=O) groups excluding carboxylic acids is 1. The van der Waals surface area contributed by atoms with E-state index < -0.39 is 0 Å². The molecule has 4 rings (SSSR count). The molecule has 9 heteroatoms. The number of halogens is 2. The van der Waals surface area contributed by atoms with Gasteiger partial charge in [-0.1, -0.05) is 34.4 Å². The second-order valence-corrected chi connectivity index (χ2v) is 8.26. The van der Waals surface area contributed by atoms with Crippen molar-refractivity contribution in [1.82, 2.24) is 20.3 Å². The summed E-state index contributed by atoms with van der Waals surface area (Å²) in [6.45, 7) is 3.05. The third-order valence-corrected chi connectivity index (χ3v) is 6.04. The van der Waals surface area contributed by atoms with Crippen LogP contribution in [0.1, 0.15) is 35.7 Å². The summed E-state index contributed by atoms with van der Waals surface area (Å²) in [5.41, 5.74) is 2.69. The van der Waals surface area contributed by atoms with E-state index in [1.807, 2.05) is 17.9 Å². The van der Waals surface area contributed by atoms with Crippen LogP contribution in [0.25, 0.3) is 11.3 Å². The van der Waals surface area contributed by atoms with Crippen LogP contribution in [0.2, 0.25) is 10.0 Å². The number of piperidine rings is 1. The van der Waals surface area contributed by atoms with Gasteiger partial charge in [-0.15, -0.1) is 0 Å². The molecule has 156 valence electrons. The van der Waals surface area contributed by atoms with Crippen molar-refractivity contribution in [3.63, 3.8) is 0 Å². The highest BCUT2D eigenvalue weighted by Gasteiger charge is 2.28. The van der Waals surface area contributed by atoms with Gasteiger partial charge in [0.1, 0.15) is 0 Å². The van der Waals surface area contributed by atoms with Gasteiger partial charge in [0.25, 0.3) is 5.56 Å². The summed E-state index contributed by atoms with van der Waals surface area (Å²) in [4.78, 5) is 26.4. The Morgan fingerprint density at radius 2 is 1.97 bits per heavy atom. The van der Waals surface area contributed by atoms with E-state index in [2.05, 4.69) is 15.4 Å². The number of amides is 1. The van der Waals surface area contributed by atoms with Gasteiger partial charge in [-0.3, -0.25) is 9.59 Å². The Morgan fingerprint density at radius 3 is 2.63 bits per heavy atom. The van der Waals surface area contributed by atoms with Gasteiger partial charge in [-0.2, -0.15) is 5.10 Å². The number of carbonyl (C=O) groups is 1. The summed E-state index contributed by atoms with van der Waals surface area (Å²) in [6, 6.07) is 8.52. The molecule has 0 radical (unpaired) electrons. The van der Waals surface area contributed by atoms with E-state index in [1.165, 1.54) is 6.07 Å². The van der Waals surface area contributed by atoms with E-state index >= 15 is 0 Å². The molecule has 1 aliphatic rings. The first kappa shape index (κ1) is 20.6. The fourth-order valence-electron chi connectivity index (χ4n) is 3.75. The Hall–Kier alpha value is -2.64. The van der Waals surface area contributed by atoms with E-state index in [4.69, 9.17) is 27.7 Å². The Balaban J connectivity index is 1.45. The lowest BCUT2D eigenvalue weighted by atomic mass is 9.90. The molecule has 0 saturated carbocycles. The molecule has 1 aliphatic heterocycles. The van der Waals surface area contributed by atoms with E-state index in [-0.39, 0.29) is 23.8 Å². The fraction of sp³-hybridized carbons (Fsp3) is 0.333. The van der Waals surface area contributed by atoms with Crippen molar-refractivity contribution in [2.24, 2.45) is 0 Å². The number of benzene rings is 1. The Labute approximate surface area is 183 Å². The second-order valence-electron chi connectivity index (χ2n) is 7.44. The Bertz CT molecular complexity index is 1130. The van der Waals surface area contributed by atoms with Crippen LogP contribution in [0.3, 0.4) is 0 Å². The second kappa shape index (κ2) is 8.62. The van der Waals surface area contributed by atoms with Gasteiger partial charge in [-0.25, -0.2) is 5.10 Å². The molecule has 2 aromatic heterocycles. The van der Waals surface area contributed by atoms with Gasteiger partial charge in [0.05, 0.1) is 27.9 Å². The van der Waals surface area contributed by atoms with Crippen molar-refractivity contribution in [3.8, 4) is 11.3 Å². The van der Waals surface area contributed by atoms with Crippen molar-refractivity contribution < 1.29 is 9.32 Å². The third-order valence-electron chi connectivity index (χ3n) is 5.31. The molecule has 30 heavy (non-hydrogen) atoms. The number of nitrogens with one attached hydrogen (secondary N) is 1. The van der Waals surface area contributed by atoms with E-state index in [1.54, 1.807) is 18.2 Å². The first-order chi connectivity index (χ1) is 14.4. The molecule has 0 atom stereocenters. The average molecular weight is 447 g/mol. The molecule has 0 unspecified atom stereocenters. The van der Waals surface area contributed by atoms with Crippen molar-refractivity contribution in [2.45, 2.75) is 32.1 Å². The number of H-pyrrole nitrogens is 1. The maximum Gasteiger partial charge on any atom is 0.264 e. The van der Waals surface area contributed by atoms with Crippen LogP contribution in [0, 0.1) is 6.92 Å². The lowest BCUT2D eigenvalue weighted by molar-refractivity contribution is -0.131. The van der Waals surface area contributed by atoms with Gasteiger partial charge in [0.15, 0.2) is 5.76 Å². The molecule has 0 spiro atoms. The first-order valence-corrected chi connectivity index (χ1v) is 10.4. The zero-order valence-corrected chi connectivity index (χ0v) is 17.8. The summed E-state index contributed by atoms with van der Waals surface area (Å²) < 4.78 is 5.35. The maximum atomic E-state index is 12.7. The molecule has 1 amide bonds. The third kappa shape index (κ3) is 4.42. The molecule has 0 aliphatic carbocycles. The molecule has 3 heterocycles. The van der Waals surface area contributed by atoms with Crippen LogP contribution in [-0.2, 0) is 11.2 Å². The number of likely N-dealkylation sites (tertiary alicyclic amines) is 1. The molecule has 3 aromatic rings. The standard InChI is InChI=1S/C21H20Cl2N4O3/c1-12-8-18(30-26-12)15-11-19(28)24-25-21(15)14-4-6-27(7-5-14)20(29)10-13-2-3-16(22)17(23)9-13/h2-3,8-9,11,14H,4-7,10H2,1H3,(H,24,28). The molecule has 1 N–H and O–H groups in total. The minimum Gasteiger partial charge on any atom is -0.356 e. The largest absolute Gasteiger partial charge is 0.356 e. The highest BCUT2D eigenvalue weighted by atomic mass is 35.5. The van der Waals surface area contributed by atoms with Gasteiger partial charge in [-0.05, 0) is 37.5 Å². The molecule has 1 fully saturated rings.